The van der Waals surface area contributed by atoms with E-state index in [1.165, 1.54) is 24.2 Å². The first-order valence-corrected chi connectivity index (χ1v) is 6.89. The molecule has 1 heterocycles. The first kappa shape index (κ1) is 16.4. The lowest BCUT2D eigenvalue weighted by Crippen LogP contribution is -2.44. The maximum absolute atomic E-state index is 12.3. The Hall–Kier alpha value is -2.97. The predicted octanol–water partition coefficient (Wildman–Crippen LogP) is 0.510. The predicted molar refractivity (Wildman–Crippen MR) is 79.4 cm³/mol. The number of carboxylic acids is 1. The topological polar surface area (TPSA) is 119 Å². The van der Waals surface area contributed by atoms with Crippen LogP contribution in [-0.2, 0) is 4.79 Å². The van der Waals surface area contributed by atoms with Crippen molar-refractivity contribution in [3.63, 3.8) is 0 Å². The minimum absolute atomic E-state index is 0.242. The molecule has 1 atom stereocenters. The smallest absolute Gasteiger partial charge is 0.326 e. The standard InChI is InChI=1S/C14H17N5O4/c1-8(2)12(14(21)22)16-13(20)9-4-5-11(23-3)10(6-9)19-7-15-17-18-19/h4-8,12H,1-3H3,(H,16,20)(H,21,22)/t12-/m1/s1. The average molecular weight is 319 g/mol. The van der Waals surface area contributed by atoms with Gasteiger partial charge in [0.05, 0.1) is 7.11 Å². The monoisotopic (exact) mass is 319 g/mol. The summed E-state index contributed by atoms with van der Waals surface area (Å²) in [5, 5.41) is 22.5. The minimum atomic E-state index is -1.08. The first-order valence-electron chi connectivity index (χ1n) is 6.89. The number of carbonyl (C=O) groups is 2. The van der Waals surface area contributed by atoms with E-state index in [0.29, 0.717) is 11.4 Å². The Balaban J connectivity index is 2.31. The van der Waals surface area contributed by atoms with Crippen LogP contribution < -0.4 is 10.1 Å². The molecule has 0 aliphatic heterocycles. The van der Waals surface area contributed by atoms with E-state index in [4.69, 9.17) is 9.84 Å². The second-order valence-electron chi connectivity index (χ2n) is 5.17. The molecule has 1 aromatic heterocycles. The van der Waals surface area contributed by atoms with Gasteiger partial charge in [-0.2, -0.15) is 4.68 Å². The Kier molecular flexibility index (Phi) is 4.89. The van der Waals surface area contributed by atoms with E-state index in [9.17, 15) is 9.59 Å². The van der Waals surface area contributed by atoms with Gasteiger partial charge in [0.15, 0.2) is 0 Å². The number of nitrogens with one attached hydrogen (secondary N) is 1. The number of aliphatic carboxylic acids is 1. The van der Waals surface area contributed by atoms with Crippen LogP contribution in [0.4, 0.5) is 0 Å². The second-order valence-corrected chi connectivity index (χ2v) is 5.17. The van der Waals surface area contributed by atoms with E-state index in [1.54, 1.807) is 26.0 Å². The van der Waals surface area contributed by atoms with Crippen molar-refractivity contribution in [2.24, 2.45) is 5.92 Å². The molecular weight excluding hydrogens is 302 g/mol. The van der Waals surface area contributed by atoms with Crippen LogP contribution in [0.25, 0.3) is 5.69 Å². The minimum Gasteiger partial charge on any atom is -0.494 e. The van der Waals surface area contributed by atoms with E-state index in [1.807, 2.05) is 0 Å². The van der Waals surface area contributed by atoms with Crippen molar-refractivity contribution in [1.29, 1.82) is 0 Å². The van der Waals surface area contributed by atoms with Gasteiger partial charge in [0.1, 0.15) is 23.8 Å². The molecule has 9 nitrogen and oxygen atoms in total. The van der Waals surface area contributed by atoms with Gasteiger partial charge in [-0.15, -0.1) is 5.10 Å². The lowest BCUT2D eigenvalue weighted by atomic mass is 10.0. The third-order valence-electron chi connectivity index (χ3n) is 3.26. The largest absolute Gasteiger partial charge is 0.494 e. The summed E-state index contributed by atoms with van der Waals surface area (Å²) in [6.45, 7) is 3.44. The van der Waals surface area contributed by atoms with Crippen LogP contribution in [0, 0.1) is 5.92 Å². The summed E-state index contributed by atoms with van der Waals surface area (Å²) in [4.78, 5) is 23.5. The zero-order chi connectivity index (χ0) is 17.0. The maximum Gasteiger partial charge on any atom is 0.326 e. The number of tetrazole rings is 1. The highest BCUT2D eigenvalue weighted by Crippen LogP contribution is 2.23. The number of methoxy groups -OCH3 is 1. The lowest BCUT2D eigenvalue weighted by Gasteiger charge is -2.18. The van der Waals surface area contributed by atoms with E-state index in [-0.39, 0.29) is 11.5 Å². The molecule has 2 aromatic rings. The third-order valence-corrected chi connectivity index (χ3v) is 3.26. The zero-order valence-corrected chi connectivity index (χ0v) is 12.9. The van der Waals surface area contributed by atoms with Gasteiger partial charge < -0.3 is 15.2 Å². The molecule has 0 spiro atoms. The number of amides is 1. The van der Waals surface area contributed by atoms with Crippen molar-refractivity contribution in [3.05, 3.63) is 30.1 Å². The first-order chi connectivity index (χ1) is 10.9. The van der Waals surface area contributed by atoms with Gasteiger partial charge in [-0.05, 0) is 34.5 Å². The number of benzene rings is 1. The molecule has 0 aliphatic rings. The maximum atomic E-state index is 12.3. The van der Waals surface area contributed by atoms with Crippen LogP contribution in [0.5, 0.6) is 5.75 Å². The number of carboxylic acid groups (broad SMARTS) is 1. The van der Waals surface area contributed by atoms with E-state index < -0.39 is 17.9 Å². The summed E-state index contributed by atoms with van der Waals surface area (Å²) < 4.78 is 6.57. The Morgan fingerprint density at radius 2 is 2.09 bits per heavy atom. The fraction of sp³-hybridized carbons (Fsp3) is 0.357. The van der Waals surface area contributed by atoms with Crippen LogP contribution in [0.15, 0.2) is 24.5 Å². The number of rotatable bonds is 6. The van der Waals surface area contributed by atoms with Crippen molar-refractivity contribution in [2.75, 3.05) is 7.11 Å². The van der Waals surface area contributed by atoms with Crippen molar-refractivity contribution in [1.82, 2.24) is 25.5 Å². The molecule has 9 heteroatoms. The second kappa shape index (κ2) is 6.86. The molecule has 23 heavy (non-hydrogen) atoms. The zero-order valence-electron chi connectivity index (χ0n) is 12.9. The highest BCUT2D eigenvalue weighted by Gasteiger charge is 2.24. The van der Waals surface area contributed by atoms with Crippen LogP contribution in [0.1, 0.15) is 24.2 Å². The molecular formula is C14H17N5O4. The Morgan fingerprint density at radius 1 is 1.35 bits per heavy atom. The van der Waals surface area contributed by atoms with Gasteiger partial charge in [-0.1, -0.05) is 13.8 Å². The quantitative estimate of drug-likeness (QED) is 0.796. The Morgan fingerprint density at radius 3 is 2.61 bits per heavy atom. The summed E-state index contributed by atoms with van der Waals surface area (Å²) >= 11 is 0. The summed E-state index contributed by atoms with van der Waals surface area (Å²) in [7, 11) is 1.49. The van der Waals surface area contributed by atoms with Gasteiger partial charge in [0, 0.05) is 5.56 Å². The van der Waals surface area contributed by atoms with Crippen LogP contribution in [-0.4, -0.2) is 50.3 Å². The number of aromatic nitrogens is 4. The molecule has 2 N–H and O–H groups in total. The molecule has 122 valence electrons. The van der Waals surface area contributed by atoms with Crippen molar-refractivity contribution in [3.8, 4) is 11.4 Å². The van der Waals surface area contributed by atoms with Gasteiger partial charge in [-0.3, -0.25) is 4.79 Å². The average Bonchev–Trinajstić information content (AvgIpc) is 3.05. The summed E-state index contributed by atoms with van der Waals surface area (Å²) in [5.41, 5.74) is 0.754. The fourth-order valence-electron chi connectivity index (χ4n) is 2.02. The number of ether oxygens (including phenoxy) is 1. The molecule has 1 aromatic carbocycles. The molecule has 0 saturated carbocycles. The molecule has 0 fully saturated rings. The molecule has 1 amide bonds. The highest BCUT2D eigenvalue weighted by atomic mass is 16.5. The molecule has 0 unspecified atom stereocenters. The van der Waals surface area contributed by atoms with Crippen molar-refractivity contribution < 1.29 is 19.4 Å². The van der Waals surface area contributed by atoms with Crippen molar-refractivity contribution >= 4 is 11.9 Å². The van der Waals surface area contributed by atoms with Crippen LogP contribution >= 0.6 is 0 Å². The number of carbonyl (C=O) groups excluding carboxylic acids is 1. The number of nitrogens with zero attached hydrogens (tertiary/aromatic N) is 4. The van der Waals surface area contributed by atoms with Crippen LogP contribution in [0.3, 0.4) is 0 Å². The van der Waals surface area contributed by atoms with E-state index in [2.05, 4.69) is 20.8 Å². The third kappa shape index (κ3) is 3.62. The van der Waals surface area contributed by atoms with Gasteiger partial charge in [0.2, 0.25) is 0 Å². The lowest BCUT2D eigenvalue weighted by molar-refractivity contribution is -0.140. The normalized spacial score (nSPS) is 12.0. The Bertz CT molecular complexity index is 699. The fourth-order valence-corrected chi connectivity index (χ4v) is 2.02. The molecule has 0 bridgehead atoms. The Labute approximate surface area is 132 Å². The molecule has 0 radical (unpaired) electrons. The number of hydrogen-bond donors (Lipinski definition) is 2. The SMILES string of the molecule is COc1ccc(C(=O)N[C@@H](C(=O)O)C(C)C)cc1-n1cnnn1. The van der Waals surface area contributed by atoms with Gasteiger partial charge >= 0.3 is 5.97 Å². The highest BCUT2D eigenvalue weighted by molar-refractivity contribution is 5.97. The molecule has 0 saturated heterocycles. The number of hydrogen-bond acceptors (Lipinski definition) is 6. The summed E-state index contributed by atoms with van der Waals surface area (Å²) in [6, 6.07) is 3.70. The van der Waals surface area contributed by atoms with Gasteiger partial charge in [0.25, 0.3) is 5.91 Å². The van der Waals surface area contributed by atoms with Gasteiger partial charge in [-0.25, -0.2) is 4.79 Å². The summed E-state index contributed by atoms with van der Waals surface area (Å²) in [5.74, 6) is -1.34. The van der Waals surface area contributed by atoms with E-state index >= 15 is 0 Å². The molecule has 0 aliphatic carbocycles. The van der Waals surface area contributed by atoms with Crippen LogP contribution in [0.2, 0.25) is 0 Å². The summed E-state index contributed by atoms with van der Waals surface area (Å²) in [6.07, 6.45) is 1.37. The van der Waals surface area contributed by atoms with Crippen molar-refractivity contribution in [2.45, 2.75) is 19.9 Å². The molecule has 2 rings (SSSR count). The van der Waals surface area contributed by atoms with E-state index in [0.717, 1.165) is 0 Å².